The number of methoxy groups -OCH3 is 2. The minimum atomic E-state index is -0.517. The summed E-state index contributed by atoms with van der Waals surface area (Å²) in [5, 5.41) is 2.54. The van der Waals surface area contributed by atoms with Crippen LogP contribution in [0.25, 0.3) is 6.08 Å². The van der Waals surface area contributed by atoms with Crippen molar-refractivity contribution >= 4 is 24.1 Å². The summed E-state index contributed by atoms with van der Waals surface area (Å²) in [4.78, 5) is 41.7. The zero-order valence-corrected chi connectivity index (χ0v) is 30.3. The van der Waals surface area contributed by atoms with E-state index in [2.05, 4.69) is 41.9 Å². The number of esters is 2. The number of alkyl carbamates (subject to hydrolysis) is 1. The number of carbonyl (C=O) groups is 3. The highest BCUT2D eigenvalue weighted by Crippen LogP contribution is 2.34. The Balaban J connectivity index is 1.34. The lowest BCUT2D eigenvalue weighted by Crippen LogP contribution is -2.43. The molecule has 50 heavy (non-hydrogen) atoms. The van der Waals surface area contributed by atoms with Crippen LogP contribution in [0.15, 0.2) is 41.1 Å². The van der Waals surface area contributed by atoms with Crippen LogP contribution in [-0.2, 0) is 44.4 Å². The summed E-state index contributed by atoms with van der Waals surface area (Å²) >= 11 is 0. The molecule has 4 heterocycles. The maximum absolute atomic E-state index is 13.3. The molecule has 0 spiro atoms. The van der Waals surface area contributed by atoms with E-state index in [1.807, 2.05) is 6.08 Å². The first-order valence-corrected chi connectivity index (χ1v) is 18.1. The van der Waals surface area contributed by atoms with Crippen LogP contribution < -0.4 is 5.32 Å². The van der Waals surface area contributed by atoms with Gasteiger partial charge in [-0.1, -0.05) is 39.0 Å². The number of hydrogen-bond acceptors (Lipinski definition) is 11. The number of rotatable bonds is 12. The summed E-state index contributed by atoms with van der Waals surface area (Å²) in [5.74, 6) is 0.537. The van der Waals surface area contributed by atoms with Gasteiger partial charge in [0.25, 0.3) is 0 Å². The molecule has 0 unspecified atom stereocenters. The predicted molar refractivity (Wildman–Crippen MR) is 186 cm³/mol. The van der Waals surface area contributed by atoms with Crippen LogP contribution in [0.2, 0.25) is 0 Å². The van der Waals surface area contributed by atoms with E-state index in [4.69, 9.17) is 28.1 Å². The quantitative estimate of drug-likeness (QED) is 0.114. The summed E-state index contributed by atoms with van der Waals surface area (Å²) in [7, 11) is 3.02. The number of aromatic nitrogens is 1. The molecule has 3 fully saturated rings. The summed E-state index contributed by atoms with van der Waals surface area (Å²) in [5.41, 5.74) is 0.735. The van der Waals surface area contributed by atoms with E-state index in [0.29, 0.717) is 56.3 Å². The van der Waals surface area contributed by atoms with Gasteiger partial charge < -0.3 is 38.2 Å². The Labute approximate surface area is 296 Å². The summed E-state index contributed by atoms with van der Waals surface area (Å²) in [6.07, 6.45) is 17.2. The lowest BCUT2D eigenvalue weighted by atomic mass is 9.86. The Bertz CT molecular complexity index is 1310. The molecule has 3 aliphatic heterocycles. The number of nitrogens with one attached hydrogen (secondary N) is 1. The van der Waals surface area contributed by atoms with Gasteiger partial charge in [0.05, 0.1) is 49.7 Å². The van der Waals surface area contributed by atoms with Crippen LogP contribution in [0.4, 0.5) is 4.79 Å². The molecule has 0 saturated carbocycles. The number of aryl methyl sites for hydroxylation is 1. The van der Waals surface area contributed by atoms with E-state index in [0.717, 1.165) is 31.4 Å². The molecule has 8 atom stereocenters. The average molecular weight is 701 g/mol. The molecule has 3 saturated heterocycles. The Hall–Kier alpha value is -3.48. The molecule has 12 nitrogen and oxygen atoms in total. The number of nitrogens with zero attached hydrogens (tertiary/aromatic N) is 1. The van der Waals surface area contributed by atoms with Gasteiger partial charge in [-0.15, -0.1) is 0 Å². The minimum absolute atomic E-state index is 0.0180. The first-order valence-electron chi connectivity index (χ1n) is 18.1. The zero-order valence-electron chi connectivity index (χ0n) is 30.3. The Kier molecular flexibility index (Phi) is 16.0. The van der Waals surface area contributed by atoms with Crippen molar-refractivity contribution in [3.8, 4) is 0 Å². The lowest BCUT2D eigenvalue weighted by Gasteiger charge is -2.40. The van der Waals surface area contributed by atoms with Crippen molar-refractivity contribution in [2.75, 3.05) is 20.8 Å². The van der Waals surface area contributed by atoms with E-state index in [1.165, 1.54) is 13.2 Å². The Morgan fingerprint density at radius 2 is 1.80 bits per heavy atom. The standard InChI is InChI=1S/C38H56N2O10/c1-25(2)10-8-12-28-18-29-16-15-26(3)34(48-29)22-30(44-4)19-31-20-32(21-33(47-31)23-37(42)49-28)50-36(41)14-7-6-11-27-24-46-35(40-27)13-9-17-39-38(43)45-5/h7-9,12-14,24-26,28-34H,6,10-11,15-23H2,1-5H3,(H,39,43)/b12-8+,13-9-,14-7-/t26-,28-,29-,30-,31+,32+,33+,34+/m0/s1. The average Bonchev–Trinajstić information content (AvgIpc) is 3.52. The molecule has 0 aliphatic carbocycles. The molecule has 0 radical (unpaired) electrons. The van der Waals surface area contributed by atoms with E-state index in [1.54, 1.807) is 31.6 Å². The molecular weight excluding hydrogens is 644 g/mol. The van der Waals surface area contributed by atoms with Crippen molar-refractivity contribution in [1.29, 1.82) is 0 Å². The highest BCUT2D eigenvalue weighted by atomic mass is 16.6. The van der Waals surface area contributed by atoms with Crippen molar-refractivity contribution < 1.29 is 47.2 Å². The number of ether oxygens (including phenoxy) is 6. The SMILES string of the molecule is COC(=O)NC/C=C\c1nc(CC/C=C\C(=O)O[C@@H]2C[C@H]3C[C@H](OC)C[C@H]4O[C@@H](CC[C@@H]4C)C[C@H](/C=C/CC(C)C)OC(=O)C[C@@H](C2)O3)co1. The largest absolute Gasteiger partial charge is 0.459 e. The van der Waals surface area contributed by atoms with Gasteiger partial charge in [0.15, 0.2) is 0 Å². The van der Waals surface area contributed by atoms with Crippen molar-refractivity contribution in [2.45, 2.75) is 134 Å². The number of fused-ring (bicyclic) bond motifs is 4. The third-order valence-electron chi connectivity index (χ3n) is 9.35. The van der Waals surface area contributed by atoms with E-state index >= 15 is 0 Å². The molecule has 3 aliphatic rings. The van der Waals surface area contributed by atoms with E-state index < -0.39 is 24.3 Å². The third-order valence-corrected chi connectivity index (χ3v) is 9.35. The van der Waals surface area contributed by atoms with E-state index in [-0.39, 0.29) is 49.5 Å². The molecule has 1 aromatic heterocycles. The van der Waals surface area contributed by atoms with Crippen LogP contribution in [0.5, 0.6) is 0 Å². The maximum atomic E-state index is 13.3. The Morgan fingerprint density at radius 3 is 2.58 bits per heavy atom. The summed E-state index contributed by atoms with van der Waals surface area (Å²) in [6.45, 7) is 6.83. The van der Waals surface area contributed by atoms with Crippen LogP contribution in [0, 0.1) is 11.8 Å². The number of allylic oxidation sites excluding steroid dienone is 2. The van der Waals surface area contributed by atoms with Crippen molar-refractivity contribution in [3.05, 3.63) is 48.2 Å². The van der Waals surface area contributed by atoms with Gasteiger partial charge in [-0.3, -0.25) is 4.79 Å². The van der Waals surface area contributed by atoms with Gasteiger partial charge in [0, 0.05) is 45.4 Å². The highest BCUT2D eigenvalue weighted by molar-refractivity contribution is 5.82. The van der Waals surface area contributed by atoms with Gasteiger partial charge in [-0.25, -0.2) is 14.6 Å². The summed E-state index contributed by atoms with van der Waals surface area (Å²) in [6, 6.07) is 0. The third kappa shape index (κ3) is 13.7. The summed E-state index contributed by atoms with van der Waals surface area (Å²) < 4.78 is 40.8. The number of amides is 1. The van der Waals surface area contributed by atoms with Gasteiger partial charge >= 0.3 is 18.0 Å². The topological polar surface area (TPSA) is 145 Å². The van der Waals surface area contributed by atoms with Crippen LogP contribution >= 0.6 is 0 Å². The fourth-order valence-electron chi connectivity index (χ4n) is 6.66. The second kappa shape index (κ2) is 20.4. The molecule has 0 aromatic carbocycles. The fraction of sp³-hybridized carbons (Fsp3) is 0.684. The normalized spacial score (nSPS) is 29.6. The van der Waals surface area contributed by atoms with Crippen LogP contribution in [0.3, 0.4) is 0 Å². The molecule has 1 N–H and O–H groups in total. The number of cyclic esters (lactones) is 1. The molecular formula is C38H56N2O10. The molecule has 1 amide bonds. The smallest absolute Gasteiger partial charge is 0.407 e. The second-order valence-corrected chi connectivity index (χ2v) is 14.0. The van der Waals surface area contributed by atoms with Gasteiger partial charge in [-0.2, -0.15) is 0 Å². The Morgan fingerprint density at radius 1 is 1.00 bits per heavy atom. The highest BCUT2D eigenvalue weighted by Gasteiger charge is 2.38. The molecule has 4 bridgehead atoms. The zero-order chi connectivity index (χ0) is 35.9. The second-order valence-electron chi connectivity index (χ2n) is 14.0. The monoisotopic (exact) mass is 700 g/mol. The molecule has 1 aromatic rings. The van der Waals surface area contributed by atoms with Crippen molar-refractivity contribution in [1.82, 2.24) is 10.3 Å². The predicted octanol–water partition coefficient (Wildman–Crippen LogP) is 6.28. The number of hydrogen-bond donors (Lipinski definition) is 1. The maximum Gasteiger partial charge on any atom is 0.407 e. The minimum Gasteiger partial charge on any atom is -0.459 e. The fourth-order valence-corrected chi connectivity index (χ4v) is 6.66. The number of oxazole rings is 1. The van der Waals surface area contributed by atoms with Crippen molar-refractivity contribution in [2.24, 2.45) is 11.8 Å². The van der Waals surface area contributed by atoms with E-state index in [9.17, 15) is 14.4 Å². The van der Waals surface area contributed by atoms with Gasteiger partial charge in [0.2, 0.25) is 5.89 Å². The molecule has 278 valence electrons. The first kappa shape index (κ1) is 39.3. The van der Waals surface area contributed by atoms with Crippen LogP contribution in [-0.4, -0.2) is 86.5 Å². The number of carbonyl (C=O) groups excluding carboxylic acids is 3. The van der Waals surface area contributed by atoms with Gasteiger partial charge in [-0.05, 0) is 62.5 Å². The molecule has 12 heteroatoms. The van der Waals surface area contributed by atoms with Crippen LogP contribution in [0.1, 0.15) is 96.6 Å². The molecule has 4 rings (SSSR count). The van der Waals surface area contributed by atoms with Gasteiger partial charge in [0.1, 0.15) is 18.5 Å². The first-order chi connectivity index (χ1) is 24.1. The van der Waals surface area contributed by atoms with Crippen molar-refractivity contribution in [3.63, 3.8) is 0 Å². The lowest BCUT2D eigenvalue weighted by molar-refractivity contribution is -0.171.